The molecule has 0 fully saturated rings. The average Bonchev–Trinajstić information content (AvgIpc) is 2.17. The van der Waals surface area contributed by atoms with Gasteiger partial charge < -0.3 is 5.73 Å². The first-order chi connectivity index (χ1) is 7.15. The van der Waals surface area contributed by atoms with Crippen LogP contribution in [0.15, 0.2) is 12.1 Å². The van der Waals surface area contributed by atoms with Gasteiger partial charge in [-0.05, 0) is 12.5 Å². The monoisotopic (exact) mass is 282 g/mol. The standard InChI is InChI=1S/C11H16Cl2N2.ClH/c1-2-3-4-5-9(14)8-6-7-10(12)15-11(8)13;/h6-7,9H,2-5,14H2,1H3;1H/t9-;/m1./s1. The van der Waals surface area contributed by atoms with Crippen molar-refractivity contribution < 1.29 is 0 Å². The van der Waals surface area contributed by atoms with E-state index in [2.05, 4.69) is 11.9 Å². The van der Waals surface area contributed by atoms with Gasteiger partial charge in [0.1, 0.15) is 10.3 Å². The van der Waals surface area contributed by atoms with E-state index in [-0.39, 0.29) is 18.4 Å². The lowest BCUT2D eigenvalue weighted by atomic mass is 10.0. The second kappa shape index (κ2) is 8.13. The zero-order chi connectivity index (χ0) is 11.3. The Morgan fingerprint density at radius 2 is 2.00 bits per heavy atom. The molecule has 2 nitrogen and oxygen atoms in total. The summed E-state index contributed by atoms with van der Waals surface area (Å²) in [6.45, 7) is 2.17. The molecule has 0 amide bonds. The van der Waals surface area contributed by atoms with E-state index in [0.717, 1.165) is 18.4 Å². The minimum atomic E-state index is -0.0335. The highest BCUT2D eigenvalue weighted by molar-refractivity contribution is 6.32. The SMILES string of the molecule is CCCCC[C@@H](N)c1ccc(Cl)nc1Cl.Cl. The molecule has 0 aliphatic carbocycles. The van der Waals surface area contributed by atoms with Crippen LogP contribution in [-0.2, 0) is 0 Å². The van der Waals surface area contributed by atoms with Crippen molar-refractivity contribution in [2.75, 3.05) is 0 Å². The molecule has 1 aromatic rings. The summed E-state index contributed by atoms with van der Waals surface area (Å²) in [6.07, 6.45) is 4.46. The highest BCUT2D eigenvalue weighted by Gasteiger charge is 2.10. The Bertz CT molecular complexity index is 318. The number of unbranched alkanes of at least 4 members (excludes halogenated alkanes) is 2. The first-order valence-corrected chi connectivity index (χ1v) is 5.98. The maximum absolute atomic E-state index is 6.02. The van der Waals surface area contributed by atoms with E-state index < -0.39 is 0 Å². The molecular weight excluding hydrogens is 266 g/mol. The molecule has 1 rings (SSSR count). The van der Waals surface area contributed by atoms with Crippen LogP contribution < -0.4 is 5.73 Å². The van der Waals surface area contributed by atoms with Crippen LogP contribution >= 0.6 is 35.6 Å². The molecule has 0 unspecified atom stereocenters. The van der Waals surface area contributed by atoms with Gasteiger partial charge in [-0.1, -0.05) is 55.5 Å². The van der Waals surface area contributed by atoms with Crippen LogP contribution in [0.5, 0.6) is 0 Å². The fourth-order valence-corrected chi connectivity index (χ4v) is 1.95. The van der Waals surface area contributed by atoms with E-state index in [1.165, 1.54) is 12.8 Å². The number of nitrogens with zero attached hydrogens (tertiary/aromatic N) is 1. The van der Waals surface area contributed by atoms with Gasteiger partial charge in [-0.2, -0.15) is 0 Å². The highest BCUT2D eigenvalue weighted by Crippen LogP contribution is 2.24. The molecule has 1 atom stereocenters. The van der Waals surface area contributed by atoms with Gasteiger partial charge in [0.2, 0.25) is 0 Å². The Morgan fingerprint density at radius 1 is 1.31 bits per heavy atom. The van der Waals surface area contributed by atoms with Crippen molar-refractivity contribution in [1.29, 1.82) is 0 Å². The zero-order valence-electron chi connectivity index (χ0n) is 9.25. The van der Waals surface area contributed by atoms with Crippen LogP contribution in [-0.4, -0.2) is 4.98 Å². The number of hydrogen-bond acceptors (Lipinski definition) is 2. The van der Waals surface area contributed by atoms with Gasteiger partial charge in [0.15, 0.2) is 0 Å². The van der Waals surface area contributed by atoms with Gasteiger partial charge in [0.05, 0.1) is 0 Å². The fraction of sp³-hybridized carbons (Fsp3) is 0.545. The minimum absolute atomic E-state index is 0. The summed E-state index contributed by atoms with van der Waals surface area (Å²) in [5.41, 5.74) is 6.91. The predicted octanol–water partition coefficient (Wildman–Crippen LogP) is 4.39. The maximum atomic E-state index is 6.02. The van der Waals surface area contributed by atoms with E-state index in [1.807, 2.05) is 6.07 Å². The van der Waals surface area contributed by atoms with Crippen molar-refractivity contribution in [2.45, 2.75) is 38.6 Å². The second-order valence-corrected chi connectivity index (χ2v) is 4.36. The Morgan fingerprint density at radius 3 is 2.56 bits per heavy atom. The van der Waals surface area contributed by atoms with E-state index in [9.17, 15) is 0 Å². The number of nitrogens with two attached hydrogens (primary N) is 1. The molecule has 0 spiro atoms. The molecule has 92 valence electrons. The van der Waals surface area contributed by atoms with Crippen LogP contribution in [0.4, 0.5) is 0 Å². The second-order valence-electron chi connectivity index (χ2n) is 3.62. The van der Waals surface area contributed by atoms with Crippen LogP contribution in [0, 0.1) is 0 Å². The lowest BCUT2D eigenvalue weighted by molar-refractivity contribution is 0.580. The molecule has 0 bridgehead atoms. The van der Waals surface area contributed by atoms with Crippen LogP contribution in [0.25, 0.3) is 0 Å². The Balaban J connectivity index is 0.00000225. The third-order valence-electron chi connectivity index (χ3n) is 2.36. The summed E-state index contributed by atoms with van der Waals surface area (Å²) in [6, 6.07) is 3.55. The number of hydrogen-bond donors (Lipinski definition) is 1. The quantitative estimate of drug-likeness (QED) is 0.643. The van der Waals surface area contributed by atoms with Gasteiger partial charge >= 0.3 is 0 Å². The lowest BCUT2D eigenvalue weighted by Crippen LogP contribution is -2.11. The van der Waals surface area contributed by atoms with E-state index in [1.54, 1.807) is 6.07 Å². The normalized spacial score (nSPS) is 12.0. The first kappa shape index (κ1) is 16.0. The van der Waals surface area contributed by atoms with Crippen LogP contribution in [0.1, 0.15) is 44.2 Å². The van der Waals surface area contributed by atoms with Gasteiger partial charge in [-0.25, -0.2) is 4.98 Å². The summed E-state index contributed by atoms with van der Waals surface area (Å²) in [4.78, 5) is 3.97. The molecule has 0 aliphatic heterocycles. The summed E-state index contributed by atoms with van der Waals surface area (Å²) >= 11 is 11.7. The molecule has 0 radical (unpaired) electrons. The summed E-state index contributed by atoms with van der Waals surface area (Å²) in [7, 11) is 0. The number of pyridine rings is 1. The average molecular weight is 284 g/mol. The molecule has 1 aromatic heterocycles. The summed E-state index contributed by atoms with van der Waals surface area (Å²) in [5, 5.41) is 0.830. The van der Waals surface area contributed by atoms with Crippen molar-refractivity contribution in [2.24, 2.45) is 5.73 Å². The number of aromatic nitrogens is 1. The van der Waals surface area contributed by atoms with Gasteiger partial charge in [-0.3, -0.25) is 0 Å². The molecule has 0 saturated carbocycles. The van der Waals surface area contributed by atoms with Crippen molar-refractivity contribution in [3.63, 3.8) is 0 Å². The number of rotatable bonds is 5. The Kier molecular flexibility index (Phi) is 8.12. The van der Waals surface area contributed by atoms with Gasteiger partial charge in [-0.15, -0.1) is 12.4 Å². The lowest BCUT2D eigenvalue weighted by Gasteiger charge is -2.12. The van der Waals surface area contributed by atoms with Crippen molar-refractivity contribution >= 4 is 35.6 Å². The third kappa shape index (κ3) is 4.88. The molecule has 16 heavy (non-hydrogen) atoms. The Hall–Kier alpha value is -0.0200. The molecule has 0 saturated heterocycles. The minimum Gasteiger partial charge on any atom is -0.324 e. The molecule has 1 heterocycles. The predicted molar refractivity (Wildman–Crippen MR) is 72.6 cm³/mol. The molecular formula is C11H17Cl3N2. The largest absolute Gasteiger partial charge is 0.324 e. The molecule has 0 aromatic carbocycles. The topological polar surface area (TPSA) is 38.9 Å². The maximum Gasteiger partial charge on any atom is 0.135 e. The molecule has 0 aliphatic rings. The van der Waals surface area contributed by atoms with Gasteiger partial charge in [0, 0.05) is 11.6 Å². The number of halogens is 3. The van der Waals surface area contributed by atoms with Crippen molar-refractivity contribution in [3.05, 3.63) is 28.0 Å². The molecule has 2 N–H and O–H groups in total. The van der Waals surface area contributed by atoms with Crippen LogP contribution in [0.2, 0.25) is 10.3 Å². The first-order valence-electron chi connectivity index (χ1n) is 5.22. The third-order valence-corrected chi connectivity index (χ3v) is 2.87. The van der Waals surface area contributed by atoms with Crippen LogP contribution in [0.3, 0.4) is 0 Å². The van der Waals surface area contributed by atoms with Crippen molar-refractivity contribution in [3.8, 4) is 0 Å². The highest BCUT2D eigenvalue weighted by atomic mass is 35.5. The van der Waals surface area contributed by atoms with E-state index >= 15 is 0 Å². The zero-order valence-corrected chi connectivity index (χ0v) is 11.6. The Labute approximate surface area is 113 Å². The summed E-state index contributed by atoms with van der Waals surface area (Å²) < 4.78 is 0. The smallest absolute Gasteiger partial charge is 0.135 e. The van der Waals surface area contributed by atoms with E-state index in [4.69, 9.17) is 28.9 Å². The van der Waals surface area contributed by atoms with Gasteiger partial charge in [0.25, 0.3) is 0 Å². The van der Waals surface area contributed by atoms with E-state index in [0.29, 0.717) is 10.3 Å². The fourth-order valence-electron chi connectivity index (χ4n) is 1.47. The van der Waals surface area contributed by atoms with Crippen molar-refractivity contribution in [1.82, 2.24) is 4.98 Å². The molecule has 5 heteroatoms. The summed E-state index contributed by atoms with van der Waals surface area (Å²) in [5.74, 6) is 0.